The minimum atomic E-state index is -0.644. The van der Waals surface area contributed by atoms with E-state index in [9.17, 15) is 15.0 Å². The summed E-state index contributed by atoms with van der Waals surface area (Å²) >= 11 is 1.15. The minimum absolute atomic E-state index is 0. The van der Waals surface area contributed by atoms with Gasteiger partial charge in [-0.25, -0.2) is 9.79 Å². The molecule has 31 heavy (non-hydrogen) atoms. The number of nitrogens with zero attached hydrogens (tertiary/aromatic N) is 1. The molecule has 0 spiro atoms. The number of aliphatic hydroxyl groups is 1. The number of phenols is 1. The van der Waals surface area contributed by atoms with E-state index in [0.717, 1.165) is 11.8 Å². The van der Waals surface area contributed by atoms with Crippen LogP contribution in [0, 0.1) is 0 Å². The molecule has 1 aliphatic heterocycles. The number of phenolic OH excluding ortho intramolecular Hbond substituents is 1. The van der Waals surface area contributed by atoms with Crippen molar-refractivity contribution in [3.63, 3.8) is 0 Å². The average Bonchev–Trinajstić information content (AvgIpc) is 3.03. The average molecular weight is 463 g/mol. The number of carbonyl (C=O) groups is 1. The Hall–Kier alpha value is -2.94. The highest BCUT2D eigenvalue weighted by molar-refractivity contribution is 8.18. The lowest BCUT2D eigenvalue weighted by Crippen LogP contribution is -2.12. The number of thioether (sulfide) groups is 1. The number of para-hydroxylation sites is 1. The Morgan fingerprint density at radius 1 is 1.19 bits per heavy atom. The summed E-state index contributed by atoms with van der Waals surface area (Å²) in [5.74, 6) is -0.585. The molecular formula is C22H23ClN2O5S. The van der Waals surface area contributed by atoms with Crippen molar-refractivity contribution < 1.29 is 24.5 Å². The van der Waals surface area contributed by atoms with Gasteiger partial charge in [-0.15, -0.1) is 12.4 Å². The van der Waals surface area contributed by atoms with E-state index < -0.39 is 5.97 Å². The number of ether oxygens (including phenoxy) is 2. The molecule has 0 unspecified atom stereocenters. The summed E-state index contributed by atoms with van der Waals surface area (Å²) in [7, 11) is 0. The highest BCUT2D eigenvalue weighted by atomic mass is 35.5. The fourth-order valence-electron chi connectivity index (χ4n) is 2.68. The molecule has 1 aliphatic rings. The molecule has 3 rings (SSSR count). The van der Waals surface area contributed by atoms with Crippen molar-refractivity contribution in [1.82, 2.24) is 0 Å². The molecule has 0 bridgehead atoms. The zero-order valence-electron chi connectivity index (χ0n) is 16.8. The van der Waals surface area contributed by atoms with E-state index in [1.165, 1.54) is 6.07 Å². The van der Waals surface area contributed by atoms with Gasteiger partial charge >= 0.3 is 5.97 Å². The molecule has 0 radical (unpaired) electrons. The summed E-state index contributed by atoms with van der Waals surface area (Å²) in [6, 6.07) is 14.0. The van der Waals surface area contributed by atoms with Crippen LogP contribution in [0.25, 0.3) is 6.08 Å². The van der Waals surface area contributed by atoms with Gasteiger partial charge in [0.15, 0.2) is 11.5 Å². The molecule has 4 N–H and O–H groups in total. The molecule has 0 aliphatic carbocycles. The van der Waals surface area contributed by atoms with Gasteiger partial charge in [-0.3, -0.25) is 0 Å². The number of benzene rings is 2. The quantitative estimate of drug-likeness (QED) is 0.524. The van der Waals surface area contributed by atoms with Crippen molar-refractivity contribution >= 4 is 46.9 Å². The Balaban J connectivity index is 0.00000341. The topological polar surface area (TPSA) is 114 Å². The van der Waals surface area contributed by atoms with Crippen LogP contribution in [0.15, 0.2) is 69.8 Å². The molecule has 7 nitrogen and oxygen atoms in total. The zero-order chi connectivity index (χ0) is 21.5. The summed E-state index contributed by atoms with van der Waals surface area (Å²) in [6.45, 7) is 2.49. The summed E-state index contributed by atoms with van der Waals surface area (Å²) in [6.07, 6.45) is 1.65. The number of esters is 1. The third-order valence-corrected chi connectivity index (χ3v) is 5.03. The van der Waals surface area contributed by atoms with Crippen LogP contribution in [0.5, 0.6) is 11.5 Å². The molecule has 1 heterocycles. The molecule has 0 atom stereocenters. The molecule has 2 aromatic rings. The second kappa shape index (κ2) is 11.5. The Morgan fingerprint density at radius 3 is 2.58 bits per heavy atom. The first-order chi connectivity index (χ1) is 14.5. The van der Waals surface area contributed by atoms with Crippen LogP contribution < -0.4 is 10.5 Å². The van der Waals surface area contributed by atoms with Crippen LogP contribution in [0.1, 0.15) is 12.5 Å². The van der Waals surface area contributed by atoms with E-state index >= 15 is 0 Å². The molecule has 0 fully saturated rings. The second-order valence-electron chi connectivity index (χ2n) is 6.17. The van der Waals surface area contributed by atoms with Gasteiger partial charge in [0.1, 0.15) is 23.0 Å². The molecule has 164 valence electrons. The van der Waals surface area contributed by atoms with Crippen molar-refractivity contribution in [3.8, 4) is 11.5 Å². The first kappa shape index (κ1) is 24.3. The van der Waals surface area contributed by atoms with Gasteiger partial charge in [-0.2, -0.15) is 0 Å². The molecular weight excluding hydrogens is 440 g/mol. The maximum Gasteiger partial charge on any atom is 0.344 e. The van der Waals surface area contributed by atoms with E-state index in [-0.39, 0.29) is 42.7 Å². The van der Waals surface area contributed by atoms with E-state index in [4.69, 9.17) is 15.2 Å². The number of carbonyl (C=O) groups excluding carboxylic acids is 1. The number of aromatic hydroxyl groups is 1. The SMILES string of the molecule is CCOC(=O)C1=C(O)/C(=C/c2ccc(OCCN)c(O)c2)SC1=Nc1ccccc1.Cl. The summed E-state index contributed by atoms with van der Waals surface area (Å²) in [5, 5.41) is 21.2. The summed E-state index contributed by atoms with van der Waals surface area (Å²) in [4.78, 5) is 17.3. The van der Waals surface area contributed by atoms with Crippen molar-refractivity contribution in [2.75, 3.05) is 19.8 Å². The Kier molecular flexibility index (Phi) is 8.99. The standard InChI is InChI=1S/C22H22N2O5S.ClH/c1-2-28-22(27)19-20(26)18(30-21(19)24-15-6-4-3-5-7-15)13-14-8-9-17(16(25)12-14)29-11-10-23;/h3-9,12-13,25-26H,2,10-11,23H2,1H3;1H/b18-13-,24-21?;. The highest BCUT2D eigenvalue weighted by Gasteiger charge is 2.33. The number of nitrogens with two attached hydrogens (primary N) is 1. The van der Waals surface area contributed by atoms with Crippen molar-refractivity contribution in [3.05, 3.63) is 70.3 Å². The molecule has 2 aromatic carbocycles. The van der Waals surface area contributed by atoms with Gasteiger partial charge in [-0.05, 0) is 42.8 Å². The monoisotopic (exact) mass is 462 g/mol. The van der Waals surface area contributed by atoms with Gasteiger partial charge in [0.05, 0.1) is 17.2 Å². The van der Waals surface area contributed by atoms with Crippen LogP contribution in [-0.4, -0.2) is 41.0 Å². The van der Waals surface area contributed by atoms with Crippen LogP contribution in [-0.2, 0) is 9.53 Å². The molecule has 0 saturated heterocycles. The predicted molar refractivity (Wildman–Crippen MR) is 125 cm³/mol. The van der Waals surface area contributed by atoms with Crippen LogP contribution in [0.3, 0.4) is 0 Å². The van der Waals surface area contributed by atoms with E-state index in [2.05, 4.69) is 4.99 Å². The predicted octanol–water partition coefficient (Wildman–Crippen LogP) is 4.34. The lowest BCUT2D eigenvalue weighted by atomic mass is 10.1. The lowest BCUT2D eigenvalue weighted by molar-refractivity contribution is -0.138. The van der Waals surface area contributed by atoms with Gasteiger partial charge in [-0.1, -0.05) is 36.0 Å². The van der Waals surface area contributed by atoms with Crippen molar-refractivity contribution in [2.24, 2.45) is 10.7 Å². The third kappa shape index (κ3) is 6.04. The Bertz CT molecular complexity index is 1020. The lowest BCUT2D eigenvalue weighted by Gasteiger charge is -2.07. The maximum atomic E-state index is 12.4. The number of aliphatic imine (C=N–C) groups is 1. The first-order valence-corrected chi connectivity index (χ1v) is 10.2. The highest BCUT2D eigenvalue weighted by Crippen LogP contribution is 2.40. The van der Waals surface area contributed by atoms with E-state index in [1.54, 1.807) is 37.3 Å². The number of aliphatic hydroxyl groups excluding tert-OH is 1. The number of halogens is 1. The normalized spacial score (nSPS) is 15.8. The first-order valence-electron chi connectivity index (χ1n) is 9.33. The Labute approximate surface area is 190 Å². The van der Waals surface area contributed by atoms with Crippen molar-refractivity contribution in [2.45, 2.75) is 6.92 Å². The van der Waals surface area contributed by atoms with Gasteiger partial charge < -0.3 is 25.4 Å². The third-order valence-electron chi connectivity index (χ3n) is 4.01. The van der Waals surface area contributed by atoms with Crippen LogP contribution in [0.2, 0.25) is 0 Å². The minimum Gasteiger partial charge on any atom is -0.506 e. The van der Waals surface area contributed by atoms with E-state index in [0.29, 0.717) is 33.5 Å². The van der Waals surface area contributed by atoms with Crippen LogP contribution >= 0.6 is 24.2 Å². The fraction of sp³-hybridized carbons (Fsp3) is 0.182. The smallest absolute Gasteiger partial charge is 0.344 e. The number of hydrogen-bond acceptors (Lipinski definition) is 8. The maximum absolute atomic E-state index is 12.4. The summed E-state index contributed by atoms with van der Waals surface area (Å²) in [5.41, 5.74) is 6.69. The zero-order valence-corrected chi connectivity index (χ0v) is 18.4. The van der Waals surface area contributed by atoms with E-state index in [1.807, 2.05) is 18.2 Å². The number of rotatable bonds is 7. The molecule has 0 amide bonds. The fourth-order valence-corrected chi connectivity index (χ4v) is 3.71. The van der Waals surface area contributed by atoms with Crippen LogP contribution in [0.4, 0.5) is 5.69 Å². The van der Waals surface area contributed by atoms with Gasteiger partial charge in [0.2, 0.25) is 0 Å². The van der Waals surface area contributed by atoms with Gasteiger partial charge in [0.25, 0.3) is 0 Å². The number of hydrogen-bond donors (Lipinski definition) is 3. The largest absolute Gasteiger partial charge is 0.506 e. The van der Waals surface area contributed by atoms with Gasteiger partial charge in [0, 0.05) is 6.54 Å². The van der Waals surface area contributed by atoms with Crippen molar-refractivity contribution in [1.29, 1.82) is 0 Å². The molecule has 9 heteroatoms. The molecule has 0 saturated carbocycles. The summed E-state index contributed by atoms with van der Waals surface area (Å²) < 4.78 is 10.4. The molecule has 0 aromatic heterocycles. The Morgan fingerprint density at radius 2 is 1.94 bits per heavy atom. The second-order valence-corrected chi connectivity index (χ2v) is 7.20.